The summed E-state index contributed by atoms with van der Waals surface area (Å²) < 4.78 is 34.2. The van der Waals surface area contributed by atoms with Gasteiger partial charge in [0.2, 0.25) is 0 Å². The van der Waals surface area contributed by atoms with Crippen molar-refractivity contribution >= 4 is 34.0 Å². The second-order valence-corrected chi connectivity index (χ2v) is 8.04. The van der Waals surface area contributed by atoms with Gasteiger partial charge in [0.05, 0.1) is 0 Å². The van der Waals surface area contributed by atoms with E-state index in [0.717, 1.165) is 12.8 Å². The maximum atomic E-state index is 12.8. The molecule has 2 aliphatic rings. The summed E-state index contributed by atoms with van der Waals surface area (Å²) in [4.78, 5) is 33.0. The summed E-state index contributed by atoms with van der Waals surface area (Å²) >= 11 is 1.27. The zero-order chi connectivity index (χ0) is 21.8. The van der Waals surface area contributed by atoms with Gasteiger partial charge in [-0.25, -0.2) is 4.98 Å². The second kappa shape index (κ2) is 9.56. The summed E-state index contributed by atoms with van der Waals surface area (Å²) in [6.07, 6.45) is 1.32. The number of carbonyl (C=O) groups excluding carboxylic acids is 2. The van der Waals surface area contributed by atoms with Gasteiger partial charge in [0.25, 0.3) is 11.8 Å². The molecule has 1 unspecified atom stereocenters. The minimum atomic E-state index is -2.87. The zero-order valence-corrected chi connectivity index (χ0v) is 17.4. The minimum absolute atomic E-state index is 0.00899. The molecule has 2 aromatic rings. The van der Waals surface area contributed by atoms with Crippen LogP contribution in [0.1, 0.15) is 23.3 Å². The molecule has 4 rings (SSSR count). The molecule has 0 saturated carbocycles. The first kappa shape index (κ1) is 21.4. The number of hydrogen-bond donors (Lipinski definition) is 1. The van der Waals surface area contributed by atoms with Crippen molar-refractivity contribution in [3.8, 4) is 5.75 Å². The zero-order valence-electron chi connectivity index (χ0n) is 16.6. The van der Waals surface area contributed by atoms with Crippen LogP contribution >= 0.6 is 11.3 Å². The average Bonchev–Trinajstić information content (AvgIpc) is 3.46. The van der Waals surface area contributed by atoms with Crippen molar-refractivity contribution in [2.45, 2.75) is 25.6 Å². The molecule has 2 aliphatic heterocycles. The van der Waals surface area contributed by atoms with E-state index in [2.05, 4.69) is 15.0 Å². The van der Waals surface area contributed by atoms with Crippen molar-refractivity contribution in [3.63, 3.8) is 0 Å². The van der Waals surface area contributed by atoms with Gasteiger partial charge in [-0.3, -0.25) is 9.59 Å². The monoisotopic (exact) mass is 452 g/mol. The molecule has 2 fully saturated rings. The number of thiazole rings is 1. The number of nitrogens with one attached hydrogen (secondary N) is 1. The Morgan fingerprint density at radius 2 is 1.87 bits per heavy atom. The number of anilines is 2. The lowest BCUT2D eigenvalue weighted by molar-refractivity contribution is -0.142. The van der Waals surface area contributed by atoms with Crippen LogP contribution in [0.5, 0.6) is 5.75 Å². The standard InChI is InChI=1S/C20H22F2N4O4S/c21-19(22)30-14-5-3-13(4-6-14)23-20-24-15(12-31-20)17(27)25-7-9-26(10-8-25)18(28)16-2-1-11-29-16/h3-6,12,16,19H,1-2,7-11H2,(H,23,24). The van der Waals surface area contributed by atoms with Crippen LogP contribution < -0.4 is 10.1 Å². The van der Waals surface area contributed by atoms with Crippen LogP contribution in [-0.4, -0.2) is 72.1 Å². The van der Waals surface area contributed by atoms with Crippen LogP contribution in [0.2, 0.25) is 0 Å². The summed E-state index contributed by atoms with van der Waals surface area (Å²) in [7, 11) is 0. The first-order chi connectivity index (χ1) is 15.0. The van der Waals surface area contributed by atoms with Gasteiger partial charge < -0.3 is 24.6 Å². The summed E-state index contributed by atoms with van der Waals surface area (Å²) in [5.41, 5.74) is 0.959. The first-order valence-electron chi connectivity index (χ1n) is 9.97. The minimum Gasteiger partial charge on any atom is -0.435 e. The van der Waals surface area contributed by atoms with Gasteiger partial charge in [0, 0.05) is 43.9 Å². The topological polar surface area (TPSA) is 84.0 Å². The van der Waals surface area contributed by atoms with E-state index >= 15 is 0 Å². The van der Waals surface area contributed by atoms with E-state index in [4.69, 9.17) is 4.74 Å². The fourth-order valence-corrected chi connectivity index (χ4v) is 4.25. The summed E-state index contributed by atoms with van der Waals surface area (Å²) in [6.45, 7) is -0.392. The molecule has 3 heterocycles. The molecule has 1 N–H and O–H groups in total. The fourth-order valence-electron chi connectivity index (χ4n) is 3.54. The van der Waals surface area contributed by atoms with Gasteiger partial charge in [0.1, 0.15) is 17.5 Å². The number of amides is 2. The van der Waals surface area contributed by atoms with E-state index in [1.807, 2.05) is 0 Å². The number of carbonyl (C=O) groups is 2. The normalized spacial score (nSPS) is 19.0. The molecule has 0 aliphatic carbocycles. The maximum absolute atomic E-state index is 12.8. The van der Waals surface area contributed by atoms with Crippen LogP contribution in [0, 0.1) is 0 Å². The van der Waals surface area contributed by atoms with Gasteiger partial charge in [-0.1, -0.05) is 0 Å². The van der Waals surface area contributed by atoms with Gasteiger partial charge in [-0.15, -0.1) is 11.3 Å². The SMILES string of the molecule is O=C(c1csc(Nc2ccc(OC(F)F)cc2)n1)N1CCN(C(=O)C2CCCO2)CC1. The summed E-state index contributed by atoms with van der Waals surface area (Å²) in [5.74, 6) is -0.114. The van der Waals surface area contributed by atoms with Crippen molar-refractivity contribution in [2.24, 2.45) is 0 Å². The molecule has 0 spiro atoms. The molecule has 8 nitrogen and oxygen atoms in total. The van der Waals surface area contributed by atoms with Crippen molar-refractivity contribution < 1.29 is 27.8 Å². The highest BCUT2D eigenvalue weighted by Gasteiger charge is 2.32. The predicted octanol–water partition coefficient (Wildman–Crippen LogP) is 2.95. The molecule has 0 bridgehead atoms. The summed E-state index contributed by atoms with van der Waals surface area (Å²) in [5, 5.41) is 5.22. The van der Waals surface area contributed by atoms with Crippen LogP contribution in [0.25, 0.3) is 0 Å². The van der Waals surface area contributed by atoms with Crippen molar-refractivity contribution in [1.82, 2.24) is 14.8 Å². The molecule has 11 heteroatoms. The molecule has 0 radical (unpaired) electrons. The lowest BCUT2D eigenvalue weighted by Crippen LogP contribution is -2.52. The molecule has 31 heavy (non-hydrogen) atoms. The van der Waals surface area contributed by atoms with Crippen LogP contribution in [0.15, 0.2) is 29.6 Å². The van der Waals surface area contributed by atoms with Gasteiger partial charge in [0.15, 0.2) is 5.13 Å². The number of alkyl halides is 2. The highest BCUT2D eigenvalue weighted by atomic mass is 32.1. The number of halogens is 2. The Balaban J connectivity index is 1.30. The third-order valence-electron chi connectivity index (χ3n) is 5.14. The average molecular weight is 452 g/mol. The molecule has 166 valence electrons. The molecular formula is C20H22F2N4O4S. The molecule has 2 amide bonds. The van der Waals surface area contributed by atoms with Crippen molar-refractivity contribution in [1.29, 1.82) is 0 Å². The highest BCUT2D eigenvalue weighted by Crippen LogP contribution is 2.24. The third-order valence-corrected chi connectivity index (χ3v) is 5.90. The Kier molecular flexibility index (Phi) is 6.62. The van der Waals surface area contributed by atoms with E-state index in [9.17, 15) is 18.4 Å². The van der Waals surface area contributed by atoms with Crippen molar-refractivity contribution in [3.05, 3.63) is 35.3 Å². The van der Waals surface area contributed by atoms with Gasteiger partial charge in [-0.05, 0) is 37.1 Å². The Morgan fingerprint density at radius 1 is 1.16 bits per heavy atom. The van der Waals surface area contributed by atoms with Crippen molar-refractivity contribution in [2.75, 3.05) is 38.1 Å². The van der Waals surface area contributed by atoms with Crippen LogP contribution in [0.4, 0.5) is 19.6 Å². The highest BCUT2D eigenvalue weighted by molar-refractivity contribution is 7.14. The van der Waals surface area contributed by atoms with E-state index in [1.165, 1.54) is 23.5 Å². The lowest BCUT2D eigenvalue weighted by atomic mass is 10.2. The Morgan fingerprint density at radius 3 is 2.52 bits per heavy atom. The quantitative estimate of drug-likeness (QED) is 0.726. The van der Waals surface area contributed by atoms with Gasteiger partial charge >= 0.3 is 6.61 Å². The van der Waals surface area contributed by atoms with Crippen LogP contribution in [0.3, 0.4) is 0 Å². The number of piperazine rings is 1. The van der Waals surface area contributed by atoms with E-state index in [1.54, 1.807) is 27.3 Å². The third kappa shape index (κ3) is 5.28. The number of benzene rings is 1. The molecule has 1 atom stereocenters. The Labute approximate surface area is 181 Å². The Hall–Kier alpha value is -2.79. The van der Waals surface area contributed by atoms with E-state index in [0.29, 0.717) is 49.3 Å². The molecule has 2 saturated heterocycles. The summed E-state index contributed by atoms with van der Waals surface area (Å²) in [6, 6.07) is 6.02. The number of ether oxygens (including phenoxy) is 2. The van der Waals surface area contributed by atoms with E-state index < -0.39 is 6.61 Å². The maximum Gasteiger partial charge on any atom is 0.387 e. The number of aromatic nitrogens is 1. The number of nitrogens with zero attached hydrogens (tertiary/aromatic N) is 3. The second-order valence-electron chi connectivity index (χ2n) is 7.18. The van der Waals surface area contributed by atoms with Gasteiger partial charge in [-0.2, -0.15) is 8.78 Å². The fraction of sp³-hybridized carbons (Fsp3) is 0.450. The predicted molar refractivity (Wildman–Crippen MR) is 110 cm³/mol. The number of hydrogen-bond acceptors (Lipinski definition) is 7. The number of rotatable bonds is 6. The first-order valence-corrected chi connectivity index (χ1v) is 10.8. The van der Waals surface area contributed by atoms with E-state index in [-0.39, 0.29) is 23.7 Å². The molecule has 1 aromatic carbocycles. The van der Waals surface area contributed by atoms with Crippen LogP contribution in [-0.2, 0) is 9.53 Å². The Bertz CT molecular complexity index is 910. The lowest BCUT2D eigenvalue weighted by Gasteiger charge is -2.35. The molecule has 1 aromatic heterocycles. The largest absolute Gasteiger partial charge is 0.435 e. The molecular weight excluding hydrogens is 430 g/mol. The smallest absolute Gasteiger partial charge is 0.387 e.